The Morgan fingerprint density at radius 1 is 1.35 bits per heavy atom. The number of rotatable bonds is 4. The highest BCUT2D eigenvalue weighted by molar-refractivity contribution is 7.80. The van der Waals surface area contributed by atoms with E-state index >= 15 is 0 Å². The van der Waals surface area contributed by atoms with E-state index in [1.54, 1.807) is 0 Å². The highest BCUT2D eigenvalue weighted by atomic mass is 35.5. The first-order valence-electron chi connectivity index (χ1n) is 7.79. The van der Waals surface area contributed by atoms with E-state index in [2.05, 4.69) is 21.3 Å². The van der Waals surface area contributed by atoms with Crippen molar-refractivity contribution in [1.29, 1.82) is 0 Å². The van der Waals surface area contributed by atoms with Gasteiger partial charge >= 0.3 is 0 Å². The second-order valence-electron chi connectivity index (χ2n) is 6.05. The average Bonchev–Trinajstić information content (AvgIpc) is 3.34. The van der Waals surface area contributed by atoms with E-state index < -0.39 is 0 Å². The molecule has 0 amide bonds. The summed E-state index contributed by atoms with van der Waals surface area (Å²) in [5.74, 6) is 0. The lowest BCUT2D eigenvalue weighted by molar-refractivity contribution is 0.404. The van der Waals surface area contributed by atoms with Gasteiger partial charge in [-0.1, -0.05) is 23.7 Å². The van der Waals surface area contributed by atoms with Gasteiger partial charge in [0.15, 0.2) is 5.11 Å². The van der Waals surface area contributed by atoms with Gasteiger partial charge in [0.25, 0.3) is 0 Å². The number of nitrogens with one attached hydrogen (secondary N) is 1. The minimum absolute atomic E-state index is 0.501. The second kappa shape index (κ2) is 6.85. The summed E-state index contributed by atoms with van der Waals surface area (Å²) in [5, 5.41) is 4.77. The van der Waals surface area contributed by atoms with Crippen LogP contribution in [0.1, 0.15) is 29.7 Å². The van der Waals surface area contributed by atoms with Crippen LogP contribution in [-0.4, -0.2) is 21.0 Å². The highest BCUT2D eigenvalue weighted by Crippen LogP contribution is 2.31. The summed E-state index contributed by atoms with van der Waals surface area (Å²) in [6, 6.07) is 10.5. The Kier molecular flexibility index (Phi) is 4.83. The van der Waals surface area contributed by atoms with Gasteiger partial charge in [-0.3, -0.25) is 4.98 Å². The van der Waals surface area contributed by atoms with Crippen LogP contribution in [0, 0.1) is 13.8 Å². The van der Waals surface area contributed by atoms with Gasteiger partial charge in [-0.15, -0.1) is 0 Å². The van der Waals surface area contributed by atoms with E-state index in [-0.39, 0.29) is 0 Å². The summed E-state index contributed by atoms with van der Waals surface area (Å²) in [6.45, 7) is 4.81. The second-order valence-corrected chi connectivity index (χ2v) is 6.84. The molecule has 1 aliphatic carbocycles. The molecule has 1 aromatic heterocycles. The minimum atomic E-state index is 0.501. The first kappa shape index (κ1) is 16.2. The zero-order valence-electron chi connectivity index (χ0n) is 13.3. The third kappa shape index (κ3) is 4.01. The molecule has 120 valence electrons. The number of thiocarbonyl (C=S) groups is 1. The topological polar surface area (TPSA) is 28.2 Å². The average molecular weight is 346 g/mol. The molecule has 3 rings (SSSR count). The predicted molar refractivity (Wildman–Crippen MR) is 99.9 cm³/mol. The molecule has 0 aliphatic heterocycles. The monoisotopic (exact) mass is 345 g/mol. The van der Waals surface area contributed by atoms with Crippen molar-refractivity contribution in [2.45, 2.75) is 39.3 Å². The van der Waals surface area contributed by atoms with Crippen LogP contribution >= 0.6 is 23.8 Å². The van der Waals surface area contributed by atoms with Crippen LogP contribution < -0.4 is 5.32 Å². The van der Waals surface area contributed by atoms with Crippen LogP contribution in [0.5, 0.6) is 0 Å². The lowest BCUT2D eigenvalue weighted by Crippen LogP contribution is -2.36. The fourth-order valence-electron chi connectivity index (χ4n) is 2.67. The van der Waals surface area contributed by atoms with Crippen LogP contribution in [0.3, 0.4) is 0 Å². The van der Waals surface area contributed by atoms with Gasteiger partial charge in [-0.25, -0.2) is 0 Å². The molecular formula is C18H20ClN3S. The van der Waals surface area contributed by atoms with E-state index in [1.807, 2.05) is 44.3 Å². The molecule has 0 bridgehead atoms. The maximum absolute atomic E-state index is 6.39. The maximum Gasteiger partial charge on any atom is 0.174 e. The first-order valence-corrected chi connectivity index (χ1v) is 8.57. The Bertz CT molecular complexity index is 690. The van der Waals surface area contributed by atoms with Crippen molar-refractivity contribution in [3.05, 3.63) is 58.4 Å². The Hall–Kier alpha value is -1.65. The molecule has 1 fully saturated rings. The third-order valence-electron chi connectivity index (χ3n) is 3.97. The van der Waals surface area contributed by atoms with Gasteiger partial charge in [0.1, 0.15) is 0 Å². The van der Waals surface area contributed by atoms with Crippen LogP contribution in [0.2, 0.25) is 5.02 Å². The Labute approximate surface area is 147 Å². The van der Waals surface area contributed by atoms with Crippen LogP contribution in [0.4, 0.5) is 5.69 Å². The SMILES string of the molecule is Cc1cc(C)c(NC(=S)N(Cc2ccccn2)C2CC2)c(Cl)c1. The van der Waals surface area contributed by atoms with E-state index in [9.17, 15) is 0 Å². The normalized spacial score (nSPS) is 13.7. The van der Waals surface area contributed by atoms with Crippen molar-refractivity contribution in [2.24, 2.45) is 0 Å². The number of aryl methyl sites for hydroxylation is 2. The number of benzene rings is 1. The van der Waals surface area contributed by atoms with E-state index in [0.29, 0.717) is 16.2 Å². The van der Waals surface area contributed by atoms with Crippen molar-refractivity contribution in [1.82, 2.24) is 9.88 Å². The molecule has 23 heavy (non-hydrogen) atoms. The summed E-state index contributed by atoms with van der Waals surface area (Å²) in [6.07, 6.45) is 4.17. The molecule has 1 saturated carbocycles. The fourth-order valence-corrected chi connectivity index (χ4v) is 3.36. The number of aromatic nitrogens is 1. The summed E-state index contributed by atoms with van der Waals surface area (Å²) in [4.78, 5) is 6.63. The van der Waals surface area contributed by atoms with Crippen molar-refractivity contribution in [3.63, 3.8) is 0 Å². The Morgan fingerprint density at radius 2 is 2.13 bits per heavy atom. The summed E-state index contributed by atoms with van der Waals surface area (Å²) < 4.78 is 0. The highest BCUT2D eigenvalue weighted by Gasteiger charge is 2.31. The van der Waals surface area contributed by atoms with Crippen LogP contribution in [0.25, 0.3) is 0 Å². The minimum Gasteiger partial charge on any atom is -0.340 e. The molecule has 1 aromatic carbocycles. The van der Waals surface area contributed by atoms with Crippen LogP contribution in [0.15, 0.2) is 36.5 Å². The van der Waals surface area contributed by atoms with Gasteiger partial charge in [0.05, 0.1) is 22.9 Å². The van der Waals surface area contributed by atoms with E-state index in [4.69, 9.17) is 23.8 Å². The molecule has 1 heterocycles. The van der Waals surface area contributed by atoms with Crippen molar-refractivity contribution in [3.8, 4) is 0 Å². The number of hydrogen-bond donors (Lipinski definition) is 1. The standard InChI is InChI=1S/C18H20ClN3S/c1-12-9-13(2)17(16(19)10-12)21-18(23)22(15-6-7-15)11-14-5-3-4-8-20-14/h3-5,8-10,15H,6-7,11H2,1-2H3,(H,21,23). The lowest BCUT2D eigenvalue weighted by Gasteiger charge is -2.26. The third-order valence-corrected chi connectivity index (χ3v) is 4.61. The molecule has 0 saturated heterocycles. The molecule has 1 aliphatic rings. The van der Waals surface area contributed by atoms with Gasteiger partial charge in [0, 0.05) is 12.2 Å². The smallest absolute Gasteiger partial charge is 0.174 e. The summed E-state index contributed by atoms with van der Waals surface area (Å²) in [5.41, 5.74) is 4.17. The molecule has 1 N–H and O–H groups in total. The maximum atomic E-state index is 6.39. The Morgan fingerprint density at radius 3 is 2.74 bits per heavy atom. The zero-order chi connectivity index (χ0) is 16.4. The molecule has 0 spiro atoms. The van der Waals surface area contributed by atoms with Gasteiger partial charge in [-0.2, -0.15) is 0 Å². The molecule has 5 heteroatoms. The molecule has 0 unspecified atom stereocenters. The lowest BCUT2D eigenvalue weighted by atomic mass is 10.1. The van der Waals surface area contributed by atoms with E-state index in [0.717, 1.165) is 29.1 Å². The quantitative estimate of drug-likeness (QED) is 0.812. The van der Waals surface area contributed by atoms with Crippen molar-refractivity contribution in [2.75, 3.05) is 5.32 Å². The number of nitrogens with zero attached hydrogens (tertiary/aromatic N) is 2. The zero-order valence-corrected chi connectivity index (χ0v) is 14.9. The number of anilines is 1. The number of pyridine rings is 1. The predicted octanol–water partition coefficient (Wildman–Crippen LogP) is 4.71. The molecule has 0 radical (unpaired) electrons. The van der Waals surface area contributed by atoms with Crippen LogP contribution in [-0.2, 0) is 6.54 Å². The number of halogens is 1. The van der Waals surface area contributed by atoms with Gasteiger partial charge < -0.3 is 10.2 Å². The summed E-state index contributed by atoms with van der Waals surface area (Å²) >= 11 is 12.0. The molecule has 2 aromatic rings. The molecule has 0 atom stereocenters. The Balaban J connectivity index is 1.77. The van der Waals surface area contributed by atoms with Gasteiger partial charge in [-0.05, 0) is 68.2 Å². The fraction of sp³-hybridized carbons (Fsp3) is 0.333. The number of hydrogen-bond acceptors (Lipinski definition) is 2. The summed E-state index contributed by atoms with van der Waals surface area (Å²) in [7, 11) is 0. The molecule has 3 nitrogen and oxygen atoms in total. The van der Waals surface area contributed by atoms with Crippen molar-refractivity contribution < 1.29 is 0 Å². The molecular weight excluding hydrogens is 326 g/mol. The van der Waals surface area contributed by atoms with Gasteiger partial charge in [0.2, 0.25) is 0 Å². The largest absolute Gasteiger partial charge is 0.340 e. The van der Waals surface area contributed by atoms with Crippen molar-refractivity contribution >= 4 is 34.6 Å². The first-order chi connectivity index (χ1) is 11.0. The van der Waals surface area contributed by atoms with E-state index in [1.165, 1.54) is 12.8 Å².